The molecule has 12 heavy (non-hydrogen) atoms. The fraction of sp³-hybridized carbons (Fsp3) is 1.00. The highest BCUT2D eigenvalue weighted by Gasteiger charge is 2.19. The lowest BCUT2D eigenvalue weighted by Crippen LogP contribution is -2.33. The molecule has 0 fully saturated rings. The van der Waals surface area contributed by atoms with Crippen molar-refractivity contribution in [3.63, 3.8) is 0 Å². The van der Waals surface area contributed by atoms with Crippen molar-refractivity contribution in [2.45, 2.75) is 40.2 Å². The van der Waals surface area contributed by atoms with Crippen LogP contribution in [0, 0.1) is 5.41 Å². The second-order valence-electron chi connectivity index (χ2n) is 4.77. The van der Waals surface area contributed by atoms with Crippen LogP contribution in [-0.2, 0) is 4.74 Å². The number of nitrogens with two attached hydrogens (primary N) is 1. The largest absolute Gasteiger partial charge is 0.375 e. The predicted molar refractivity (Wildman–Crippen MR) is 55.8 cm³/mol. The smallest absolute Gasteiger partial charge is 0.0598 e. The molecule has 0 saturated heterocycles. The Bertz CT molecular complexity index is 118. The van der Waals surface area contributed by atoms with E-state index in [4.69, 9.17) is 10.5 Å². The lowest BCUT2D eigenvalue weighted by molar-refractivity contribution is -0.0404. The normalized spacial score (nSPS) is 12.5. The van der Waals surface area contributed by atoms with E-state index < -0.39 is 0 Å². The molecule has 0 amide bonds. The van der Waals surface area contributed by atoms with E-state index in [0.29, 0.717) is 6.54 Å². The van der Waals surface area contributed by atoms with E-state index >= 15 is 0 Å². The summed E-state index contributed by atoms with van der Waals surface area (Å²) in [5.74, 6) is 0. The zero-order chi connectivity index (χ0) is 9.12. The van der Waals surface area contributed by atoms with Gasteiger partial charge in [-0.15, -0.1) is 12.4 Å². The lowest BCUT2D eigenvalue weighted by atomic mass is 9.95. The van der Waals surface area contributed by atoms with Crippen LogP contribution in [0.4, 0.5) is 0 Å². The van der Waals surface area contributed by atoms with Crippen LogP contribution >= 0.6 is 12.4 Å². The van der Waals surface area contributed by atoms with Crippen molar-refractivity contribution in [3.8, 4) is 0 Å². The maximum atomic E-state index is 5.60. The molecule has 0 aliphatic heterocycles. The van der Waals surface area contributed by atoms with Crippen LogP contribution in [-0.4, -0.2) is 18.8 Å². The molecular formula is C9H22ClNO. The van der Waals surface area contributed by atoms with Gasteiger partial charge in [-0.3, -0.25) is 0 Å². The van der Waals surface area contributed by atoms with Gasteiger partial charge in [-0.25, -0.2) is 0 Å². The van der Waals surface area contributed by atoms with Gasteiger partial charge in [-0.2, -0.15) is 0 Å². The molecule has 2 nitrogen and oxygen atoms in total. The van der Waals surface area contributed by atoms with Gasteiger partial charge in [0.25, 0.3) is 0 Å². The van der Waals surface area contributed by atoms with Crippen molar-refractivity contribution in [1.29, 1.82) is 0 Å². The molecule has 0 aromatic carbocycles. The Kier molecular flexibility index (Phi) is 6.20. The van der Waals surface area contributed by atoms with Crippen molar-refractivity contribution in [3.05, 3.63) is 0 Å². The van der Waals surface area contributed by atoms with E-state index in [9.17, 15) is 0 Å². The van der Waals surface area contributed by atoms with Crippen LogP contribution in [0.2, 0.25) is 0 Å². The van der Waals surface area contributed by atoms with Crippen LogP contribution in [0.5, 0.6) is 0 Å². The molecular weight excluding hydrogens is 174 g/mol. The molecule has 0 spiro atoms. The van der Waals surface area contributed by atoms with E-state index in [-0.39, 0.29) is 23.4 Å². The van der Waals surface area contributed by atoms with Crippen LogP contribution in [0.3, 0.4) is 0 Å². The molecule has 0 unspecified atom stereocenters. The molecule has 0 heterocycles. The number of hydrogen-bond acceptors (Lipinski definition) is 2. The molecule has 0 saturated carbocycles. The molecule has 0 aliphatic rings. The molecule has 0 aromatic heterocycles. The Labute approximate surface area is 82.3 Å². The molecule has 76 valence electrons. The highest BCUT2D eigenvalue weighted by molar-refractivity contribution is 5.85. The van der Waals surface area contributed by atoms with E-state index in [0.717, 1.165) is 6.61 Å². The zero-order valence-electron chi connectivity index (χ0n) is 8.81. The Morgan fingerprint density at radius 1 is 1.08 bits per heavy atom. The van der Waals surface area contributed by atoms with Gasteiger partial charge in [0.15, 0.2) is 0 Å². The van der Waals surface area contributed by atoms with Crippen molar-refractivity contribution < 1.29 is 4.74 Å². The second-order valence-corrected chi connectivity index (χ2v) is 4.77. The summed E-state index contributed by atoms with van der Waals surface area (Å²) in [6, 6.07) is 0. The Morgan fingerprint density at radius 3 is 1.75 bits per heavy atom. The quantitative estimate of drug-likeness (QED) is 0.750. The monoisotopic (exact) mass is 195 g/mol. The lowest BCUT2D eigenvalue weighted by Gasteiger charge is -2.28. The maximum Gasteiger partial charge on any atom is 0.0598 e. The van der Waals surface area contributed by atoms with Crippen molar-refractivity contribution >= 4 is 12.4 Å². The van der Waals surface area contributed by atoms with Crippen molar-refractivity contribution in [2.24, 2.45) is 11.1 Å². The first-order valence-corrected chi connectivity index (χ1v) is 4.11. The third-order valence-corrected chi connectivity index (χ3v) is 1.45. The van der Waals surface area contributed by atoms with Gasteiger partial charge in [-0.1, -0.05) is 13.8 Å². The van der Waals surface area contributed by atoms with Crippen molar-refractivity contribution in [1.82, 2.24) is 0 Å². The molecule has 0 radical (unpaired) electrons. The first kappa shape index (κ1) is 14.7. The Hall–Kier alpha value is 0.210. The first-order valence-electron chi connectivity index (χ1n) is 4.11. The minimum Gasteiger partial charge on any atom is -0.375 e. The summed E-state index contributed by atoms with van der Waals surface area (Å²) in [4.78, 5) is 0. The van der Waals surface area contributed by atoms with Gasteiger partial charge in [0.1, 0.15) is 0 Å². The number of rotatable bonds is 3. The summed E-state index contributed by atoms with van der Waals surface area (Å²) in [5, 5.41) is 0. The van der Waals surface area contributed by atoms with E-state index in [1.807, 2.05) is 0 Å². The molecule has 0 atom stereocenters. The summed E-state index contributed by atoms with van der Waals surface area (Å²) in [5.41, 5.74) is 5.61. The number of halogens is 1. The molecule has 3 heteroatoms. The third kappa shape index (κ3) is 8.31. The van der Waals surface area contributed by atoms with E-state index in [1.165, 1.54) is 0 Å². The van der Waals surface area contributed by atoms with Gasteiger partial charge in [0.05, 0.1) is 12.2 Å². The Morgan fingerprint density at radius 2 is 1.50 bits per heavy atom. The molecule has 2 N–H and O–H groups in total. The number of hydrogen-bond donors (Lipinski definition) is 1. The van der Waals surface area contributed by atoms with Crippen LogP contribution in [0.25, 0.3) is 0 Å². The maximum absolute atomic E-state index is 5.60. The average Bonchev–Trinajstić information content (AvgIpc) is 1.83. The van der Waals surface area contributed by atoms with Crippen LogP contribution in [0.15, 0.2) is 0 Å². The fourth-order valence-electron chi connectivity index (χ4n) is 0.471. The van der Waals surface area contributed by atoms with E-state index in [2.05, 4.69) is 34.6 Å². The molecule has 0 aliphatic carbocycles. The average molecular weight is 196 g/mol. The SMILES string of the molecule is CC(C)(CN)COC(C)(C)C.Cl. The molecule has 0 rings (SSSR count). The summed E-state index contributed by atoms with van der Waals surface area (Å²) < 4.78 is 5.60. The third-order valence-electron chi connectivity index (χ3n) is 1.45. The Balaban J connectivity index is 0. The summed E-state index contributed by atoms with van der Waals surface area (Å²) >= 11 is 0. The molecule has 0 bridgehead atoms. The topological polar surface area (TPSA) is 35.2 Å². The highest BCUT2D eigenvalue weighted by atomic mass is 35.5. The standard InChI is InChI=1S/C9H21NO.ClH/c1-8(2,3)11-7-9(4,5)6-10;/h6-7,10H2,1-5H3;1H. The van der Waals surface area contributed by atoms with Crippen LogP contribution in [0.1, 0.15) is 34.6 Å². The minimum absolute atomic E-state index is 0. The van der Waals surface area contributed by atoms with Gasteiger partial charge >= 0.3 is 0 Å². The predicted octanol–water partition coefficient (Wildman–Crippen LogP) is 2.21. The zero-order valence-corrected chi connectivity index (χ0v) is 9.62. The highest BCUT2D eigenvalue weighted by Crippen LogP contribution is 2.17. The van der Waals surface area contributed by atoms with E-state index in [1.54, 1.807) is 0 Å². The van der Waals surface area contributed by atoms with Crippen LogP contribution < -0.4 is 5.73 Å². The van der Waals surface area contributed by atoms with Gasteiger partial charge < -0.3 is 10.5 Å². The summed E-state index contributed by atoms with van der Waals surface area (Å²) in [6.45, 7) is 11.8. The number of ether oxygens (including phenoxy) is 1. The summed E-state index contributed by atoms with van der Waals surface area (Å²) in [6.07, 6.45) is 0. The fourth-order valence-corrected chi connectivity index (χ4v) is 0.471. The first-order chi connectivity index (χ1) is 4.77. The summed E-state index contributed by atoms with van der Waals surface area (Å²) in [7, 11) is 0. The van der Waals surface area contributed by atoms with Gasteiger partial charge in [-0.05, 0) is 27.3 Å². The second kappa shape index (κ2) is 5.05. The van der Waals surface area contributed by atoms with Gasteiger partial charge in [0.2, 0.25) is 0 Å². The van der Waals surface area contributed by atoms with Gasteiger partial charge in [0, 0.05) is 5.41 Å². The minimum atomic E-state index is -0.0492. The molecule has 0 aromatic rings. The van der Waals surface area contributed by atoms with Crippen molar-refractivity contribution in [2.75, 3.05) is 13.2 Å².